The highest BCUT2D eigenvalue weighted by Crippen LogP contribution is 2.36. The van der Waals surface area contributed by atoms with Gasteiger partial charge >= 0.3 is 0 Å². The van der Waals surface area contributed by atoms with Crippen LogP contribution >= 0.6 is 11.6 Å². The van der Waals surface area contributed by atoms with E-state index in [0.717, 1.165) is 10.6 Å². The zero-order chi connectivity index (χ0) is 20.5. The molecule has 0 radical (unpaired) electrons. The van der Waals surface area contributed by atoms with Crippen LogP contribution in [0.3, 0.4) is 0 Å². The van der Waals surface area contributed by atoms with Gasteiger partial charge in [0.2, 0.25) is 10.0 Å². The Labute approximate surface area is 167 Å². The highest BCUT2D eigenvalue weighted by atomic mass is 35.5. The molecule has 1 atom stereocenters. The second kappa shape index (κ2) is 7.69. The molecule has 1 heterocycles. The molecule has 0 spiro atoms. The summed E-state index contributed by atoms with van der Waals surface area (Å²) in [6, 6.07) is 10.9. The molecule has 3 N–H and O–H groups in total. The Morgan fingerprint density at radius 2 is 1.96 bits per heavy atom. The third-order valence-electron chi connectivity index (χ3n) is 4.20. The van der Waals surface area contributed by atoms with Gasteiger partial charge in [-0.2, -0.15) is 0 Å². The molecule has 0 saturated heterocycles. The van der Waals surface area contributed by atoms with Gasteiger partial charge in [-0.3, -0.25) is 13.9 Å². The average Bonchev–Trinajstić information content (AvgIpc) is 2.81. The van der Waals surface area contributed by atoms with Crippen LogP contribution in [0.15, 0.2) is 42.5 Å². The molecule has 0 fully saturated rings. The first kappa shape index (κ1) is 20.0. The molecule has 148 valence electrons. The predicted octanol–water partition coefficient (Wildman–Crippen LogP) is 1.99. The van der Waals surface area contributed by atoms with Crippen molar-refractivity contribution in [1.82, 2.24) is 0 Å². The molecule has 0 saturated carbocycles. The maximum absolute atomic E-state index is 12.7. The van der Waals surface area contributed by atoms with Crippen molar-refractivity contribution in [1.29, 1.82) is 0 Å². The molecular weight excluding hydrogens is 406 g/mol. The lowest BCUT2D eigenvalue weighted by atomic mass is 10.1. The fourth-order valence-electron chi connectivity index (χ4n) is 2.90. The van der Waals surface area contributed by atoms with E-state index >= 15 is 0 Å². The monoisotopic (exact) mass is 423 g/mol. The van der Waals surface area contributed by atoms with Crippen LogP contribution < -0.4 is 20.1 Å². The topological polar surface area (TPSA) is 119 Å². The summed E-state index contributed by atoms with van der Waals surface area (Å²) in [5.41, 5.74) is 6.01. The number of carbonyl (C=O) groups excluding carboxylic acids is 2. The highest BCUT2D eigenvalue weighted by Gasteiger charge is 2.31. The number of nitrogens with zero attached hydrogens (tertiary/aromatic N) is 1. The number of ether oxygens (including phenoxy) is 1. The molecule has 1 aliphatic rings. The average molecular weight is 424 g/mol. The van der Waals surface area contributed by atoms with Gasteiger partial charge in [0.05, 0.1) is 23.2 Å². The van der Waals surface area contributed by atoms with Crippen LogP contribution in [0, 0.1) is 0 Å². The van der Waals surface area contributed by atoms with E-state index in [1.165, 1.54) is 18.2 Å². The van der Waals surface area contributed by atoms with Gasteiger partial charge in [0.25, 0.3) is 11.8 Å². The SMILES string of the molecule is CS(=O)(=O)N1CCC(C(=O)Nc2ccccc2C(N)=O)Oc2ccc(Cl)cc21. The second-order valence-electron chi connectivity index (χ2n) is 6.24. The molecule has 0 bridgehead atoms. The molecule has 2 aromatic carbocycles. The Morgan fingerprint density at radius 1 is 1.25 bits per heavy atom. The Kier molecular flexibility index (Phi) is 5.48. The first-order chi connectivity index (χ1) is 13.2. The second-order valence-corrected chi connectivity index (χ2v) is 8.58. The van der Waals surface area contributed by atoms with Gasteiger partial charge in [-0.25, -0.2) is 8.42 Å². The minimum atomic E-state index is -3.60. The maximum atomic E-state index is 12.7. The molecule has 3 rings (SSSR count). The standard InChI is InChI=1S/C18H18ClN3O5S/c1-28(25,26)22-9-8-16(27-15-7-6-11(19)10-14(15)22)18(24)21-13-5-3-2-4-12(13)17(20)23/h2-7,10,16H,8-9H2,1H3,(H2,20,23)(H,21,24). The quantitative estimate of drug-likeness (QED) is 0.779. The summed E-state index contributed by atoms with van der Waals surface area (Å²) in [5, 5.41) is 2.97. The lowest BCUT2D eigenvalue weighted by Crippen LogP contribution is -2.36. The summed E-state index contributed by atoms with van der Waals surface area (Å²) in [6.07, 6.45) is 0.193. The number of nitrogens with two attached hydrogens (primary N) is 1. The number of hydrogen-bond donors (Lipinski definition) is 2. The van der Waals surface area contributed by atoms with E-state index in [0.29, 0.717) is 5.02 Å². The van der Waals surface area contributed by atoms with Gasteiger partial charge in [-0.1, -0.05) is 23.7 Å². The molecule has 10 heteroatoms. The number of fused-ring (bicyclic) bond motifs is 1. The number of sulfonamides is 1. The number of para-hydroxylation sites is 1. The van der Waals surface area contributed by atoms with Crippen LogP contribution in [0.25, 0.3) is 0 Å². The summed E-state index contributed by atoms with van der Waals surface area (Å²) >= 11 is 6.00. The van der Waals surface area contributed by atoms with Crippen LogP contribution in [-0.2, 0) is 14.8 Å². The number of hydrogen-bond acceptors (Lipinski definition) is 5. The molecular formula is C18H18ClN3O5S. The number of halogens is 1. The van der Waals surface area contributed by atoms with Gasteiger partial charge < -0.3 is 15.8 Å². The summed E-state index contributed by atoms with van der Waals surface area (Å²) < 4.78 is 31.3. The molecule has 1 unspecified atom stereocenters. The lowest BCUT2D eigenvalue weighted by molar-refractivity contribution is -0.122. The highest BCUT2D eigenvalue weighted by molar-refractivity contribution is 7.92. The van der Waals surface area contributed by atoms with Crippen molar-refractivity contribution in [3.05, 3.63) is 53.1 Å². The number of benzene rings is 2. The molecule has 2 amide bonds. The number of amides is 2. The van der Waals surface area contributed by atoms with Crippen molar-refractivity contribution in [2.75, 3.05) is 22.4 Å². The van der Waals surface area contributed by atoms with Gasteiger partial charge in [-0.05, 0) is 30.3 Å². The van der Waals surface area contributed by atoms with E-state index in [-0.39, 0.29) is 35.7 Å². The number of anilines is 2. The van der Waals surface area contributed by atoms with Gasteiger partial charge in [0.1, 0.15) is 5.75 Å². The van der Waals surface area contributed by atoms with E-state index in [2.05, 4.69) is 5.32 Å². The smallest absolute Gasteiger partial charge is 0.265 e. The summed E-state index contributed by atoms with van der Waals surface area (Å²) in [6.45, 7) is 0.0295. The van der Waals surface area contributed by atoms with Crippen molar-refractivity contribution in [2.45, 2.75) is 12.5 Å². The van der Waals surface area contributed by atoms with E-state index in [4.69, 9.17) is 22.1 Å². The normalized spacial score (nSPS) is 16.5. The summed E-state index contributed by atoms with van der Waals surface area (Å²) in [5.74, 6) is -0.985. The molecule has 2 aromatic rings. The zero-order valence-electron chi connectivity index (χ0n) is 14.9. The number of rotatable bonds is 4. The van der Waals surface area contributed by atoms with Crippen molar-refractivity contribution >= 4 is 44.8 Å². The van der Waals surface area contributed by atoms with Crippen LogP contribution in [0.5, 0.6) is 5.75 Å². The molecule has 28 heavy (non-hydrogen) atoms. The summed E-state index contributed by atoms with van der Waals surface area (Å²) in [7, 11) is -3.60. The van der Waals surface area contributed by atoms with Crippen molar-refractivity contribution in [3.63, 3.8) is 0 Å². The number of nitrogens with one attached hydrogen (secondary N) is 1. The van der Waals surface area contributed by atoms with Crippen LogP contribution in [0.4, 0.5) is 11.4 Å². The van der Waals surface area contributed by atoms with Gasteiger partial charge in [0.15, 0.2) is 6.10 Å². The van der Waals surface area contributed by atoms with Crippen LogP contribution in [-0.4, -0.2) is 39.1 Å². The van der Waals surface area contributed by atoms with Gasteiger partial charge in [-0.15, -0.1) is 0 Å². The molecule has 1 aliphatic heterocycles. The number of carbonyl (C=O) groups is 2. The van der Waals surface area contributed by atoms with Gasteiger partial charge in [0, 0.05) is 18.0 Å². The van der Waals surface area contributed by atoms with Crippen molar-refractivity contribution < 1.29 is 22.7 Å². The zero-order valence-corrected chi connectivity index (χ0v) is 16.5. The predicted molar refractivity (Wildman–Crippen MR) is 106 cm³/mol. The van der Waals surface area contributed by atoms with Crippen LogP contribution in [0.2, 0.25) is 5.02 Å². The molecule has 0 aromatic heterocycles. The first-order valence-corrected chi connectivity index (χ1v) is 10.5. The number of primary amides is 1. The van der Waals surface area contributed by atoms with E-state index in [1.807, 2.05) is 0 Å². The van der Waals surface area contributed by atoms with Crippen molar-refractivity contribution in [2.24, 2.45) is 5.73 Å². The molecule has 0 aliphatic carbocycles. The Bertz CT molecular complexity index is 1040. The lowest BCUT2D eigenvalue weighted by Gasteiger charge is -2.21. The maximum Gasteiger partial charge on any atom is 0.265 e. The minimum Gasteiger partial charge on any atom is -0.478 e. The Hall–Kier alpha value is -2.78. The third-order valence-corrected chi connectivity index (χ3v) is 5.61. The van der Waals surface area contributed by atoms with Crippen molar-refractivity contribution in [3.8, 4) is 5.75 Å². The van der Waals surface area contributed by atoms with E-state index < -0.39 is 27.9 Å². The van der Waals surface area contributed by atoms with E-state index in [9.17, 15) is 18.0 Å². The Balaban J connectivity index is 1.90. The third kappa shape index (κ3) is 4.20. The fourth-order valence-corrected chi connectivity index (χ4v) is 4.00. The summed E-state index contributed by atoms with van der Waals surface area (Å²) in [4.78, 5) is 24.3. The minimum absolute atomic E-state index is 0.0295. The molecule has 8 nitrogen and oxygen atoms in total. The largest absolute Gasteiger partial charge is 0.478 e. The van der Waals surface area contributed by atoms with E-state index in [1.54, 1.807) is 24.3 Å². The first-order valence-electron chi connectivity index (χ1n) is 8.30. The Morgan fingerprint density at radius 3 is 2.64 bits per heavy atom. The fraction of sp³-hybridized carbons (Fsp3) is 0.222. The van der Waals surface area contributed by atoms with Crippen LogP contribution in [0.1, 0.15) is 16.8 Å².